The molecule has 0 aromatic heterocycles. The third kappa shape index (κ3) is 36.6. The Morgan fingerprint density at radius 1 is 0.457 bits per heavy atom. The lowest BCUT2D eigenvalue weighted by Gasteiger charge is -2.12. The van der Waals surface area contributed by atoms with E-state index in [0.29, 0.717) is 12.8 Å². The van der Waals surface area contributed by atoms with E-state index in [1.807, 2.05) is 0 Å². The number of rotatable bonds is 35. The maximum atomic E-state index is 12.0. The van der Waals surface area contributed by atoms with Crippen molar-refractivity contribution in [2.75, 3.05) is 13.2 Å². The highest BCUT2D eigenvalue weighted by molar-refractivity contribution is 5.69. The Balaban J connectivity index is 3.45. The summed E-state index contributed by atoms with van der Waals surface area (Å²) in [6.07, 6.45) is 44.8. The molecule has 268 valence electrons. The Kier molecular flexibility index (Phi) is 36.0. The van der Waals surface area contributed by atoms with Crippen LogP contribution in [0.4, 0.5) is 0 Å². The molecule has 0 aliphatic heterocycles. The number of carbonyl (C=O) groups is 2. The topological polar surface area (TPSA) is 72.8 Å². The van der Waals surface area contributed by atoms with Gasteiger partial charge >= 0.3 is 11.9 Å². The van der Waals surface area contributed by atoms with Gasteiger partial charge in [-0.3, -0.25) is 9.59 Å². The minimum absolute atomic E-state index is 0.120. The van der Waals surface area contributed by atoms with Gasteiger partial charge in [0.05, 0.1) is 0 Å². The molecule has 0 radical (unpaired) electrons. The molecule has 0 aliphatic rings. The highest BCUT2D eigenvalue weighted by atomic mass is 16.6. The number of aliphatic hydroxyl groups excluding tert-OH is 1. The van der Waals surface area contributed by atoms with Crippen molar-refractivity contribution in [3.05, 3.63) is 36.5 Å². The maximum absolute atomic E-state index is 12.0. The first-order valence-electron chi connectivity index (χ1n) is 19.5. The molecule has 0 heterocycles. The van der Waals surface area contributed by atoms with Gasteiger partial charge in [-0.25, -0.2) is 0 Å². The highest BCUT2D eigenvalue weighted by Crippen LogP contribution is 2.12. The van der Waals surface area contributed by atoms with Gasteiger partial charge in [-0.05, 0) is 70.6 Å². The number of hydrogen-bond donors (Lipinski definition) is 1. The smallest absolute Gasteiger partial charge is 0.305 e. The zero-order valence-electron chi connectivity index (χ0n) is 30.3. The molecule has 0 aliphatic carbocycles. The van der Waals surface area contributed by atoms with E-state index in [1.54, 1.807) is 0 Å². The fraction of sp³-hybridized carbons (Fsp3) is 0.805. The number of unbranched alkanes of at least 4 members (excludes halogenated alkanes) is 21. The molecule has 0 spiro atoms. The standard InChI is InChI=1S/C41H74O5/c1-3-5-7-9-11-13-15-17-19-20-22-24-26-28-30-32-34-36-41(44)46-38-39(42)37-45-40(43)35-33-31-29-27-25-23-21-18-16-14-12-10-8-6-4-2/h11,13-14,16-17,19,39,42H,3-10,12,15,18,20-38H2,1-2H3/b13-11-,16-14-,19-17-/t39-/m1/s1. The van der Waals surface area contributed by atoms with Crippen molar-refractivity contribution in [1.29, 1.82) is 0 Å². The van der Waals surface area contributed by atoms with Crippen molar-refractivity contribution in [2.24, 2.45) is 0 Å². The van der Waals surface area contributed by atoms with Gasteiger partial charge in [0.2, 0.25) is 0 Å². The number of esters is 2. The predicted octanol–water partition coefficient (Wildman–Crippen LogP) is 12.1. The fourth-order valence-electron chi connectivity index (χ4n) is 5.35. The number of hydrogen-bond acceptors (Lipinski definition) is 5. The van der Waals surface area contributed by atoms with E-state index < -0.39 is 6.10 Å². The van der Waals surface area contributed by atoms with Crippen LogP contribution in [-0.2, 0) is 19.1 Å². The van der Waals surface area contributed by atoms with Crippen molar-refractivity contribution in [1.82, 2.24) is 0 Å². The molecule has 5 nitrogen and oxygen atoms in total. The van der Waals surface area contributed by atoms with E-state index in [0.717, 1.165) is 44.9 Å². The van der Waals surface area contributed by atoms with Gasteiger partial charge in [0.25, 0.3) is 0 Å². The minimum atomic E-state index is -0.967. The molecule has 5 heteroatoms. The normalized spacial score (nSPS) is 12.5. The van der Waals surface area contributed by atoms with Gasteiger partial charge in [-0.15, -0.1) is 0 Å². The summed E-state index contributed by atoms with van der Waals surface area (Å²) < 4.78 is 10.3. The minimum Gasteiger partial charge on any atom is -0.463 e. The zero-order valence-corrected chi connectivity index (χ0v) is 30.3. The van der Waals surface area contributed by atoms with Crippen molar-refractivity contribution in [2.45, 2.75) is 200 Å². The Morgan fingerprint density at radius 3 is 1.17 bits per heavy atom. The van der Waals surface area contributed by atoms with Gasteiger partial charge < -0.3 is 14.6 Å². The molecule has 0 aromatic carbocycles. The molecule has 0 bridgehead atoms. The Morgan fingerprint density at radius 2 is 0.761 bits per heavy atom. The molecule has 0 saturated carbocycles. The lowest BCUT2D eigenvalue weighted by Crippen LogP contribution is -2.25. The summed E-state index contributed by atoms with van der Waals surface area (Å²) in [6.45, 7) is 4.25. The first-order valence-corrected chi connectivity index (χ1v) is 19.5. The first kappa shape index (κ1) is 44.1. The number of carbonyl (C=O) groups excluding carboxylic acids is 2. The summed E-state index contributed by atoms with van der Waals surface area (Å²) in [6, 6.07) is 0. The summed E-state index contributed by atoms with van der Waals surface area (Å²) >= 11 is 0. The van der Waals surface area contributed by atoms with Crippen LogP contribution in [-0.4, -0.2) is 36.4 Å². The molecule has 0 aromatic rings. The molecule has 0 unspecified atom stereocenters. The summed E-state index contributed by atoms with van der Waals surface area (Å²) in [5.41, 5.74) is 0. The summed E-state index contributed by atoms with van der Waals surface area (Å²) in [5, 5.41) is 10.0. The monoisotopic (exact) mass is 647 g/mol. The summed E-state index contributed by atoms with van der Waals surface area (Å²) in [4.78, 5) is 23.9. The molecule has 0 rings (SSSR count). The molecule has 0 saturated heterocycles. The number of aliphatic hydroxyl groups is 1. The van der Waals surface area contributed by atoms with Crippen molar-refractivity contribution in [3.63, 3.8) is 0 Å². The number of ether oxygens (including phenoxy) is 2. The quantitative estimate of drug-likeness (QED) is 0.0421. The first-order chi connectivity index (χ1) is 22.6. The van der Waals surface area contributed by atoms with Crippen LogP contribution >= 0.6 is 0 Å². The maximum Gasteiger partial charge on any atom is 0.305 e. The molecule has 0 fully saturated rings. The lowest BCUT2D eigenvalue weighted by atomic mass is 10.1. The Bertz CT molecular complexity index is 741. The fourth-order valence-corrected chi connectivity index (χ4v) is 5.35. The number of allylic oxidation sites excluding steroid dienone is 6. The van der Waals surface area contributed by atoms with Crippen LogP contribution in [0.2, 0.25) is 0 Å². The van der Waals surface area contributed by atoms with Crippen LogP contribution in [0.1, 0.15) is 194 Å². The van der Waals surface area contributed by atoms with Crippen molar-refractivity contribution >= 4 is 11.9 Å². The van der Waals surface area contributed by atoms with Crippen LogP contribution in [0.3, 0.4) is 0 Å². The summed E-state index contributed by atoms with van der Waals surface area (Å²) in [5.74, 6) is -0.577. The second-order valence-corrected chi connectivity index (χ2v) is 13.0. The molecule has 0 amide bonds. The average Bonchev–Trinajstić information content (AvgIpc) is 3.06. The van der Waals surface area contributed by atoms with Gasteiger partial charge in [-0.1, -0.05) is 147 Å². The van der Waals surface area contributed by atoms with E-state index in [1.165, 1.54) is 122 Å². The van der Waals surface area contributed by atoms with E-state index in [4.69, 9.17) is 9.47 Å². The van der Waals surface area contributed by atoms with Gasteiger partial charge in [0.1, 0.15) is 19.3 Å². The van der Waals surface area contributed by atoms with Crippen LogP contribution < -0.4 is 0 Å². The van der Waals surface area contributed by atoms with E-state index in [9.17, 15) is 14.7 Å². The summed E-state index contributed by atoms with van der Waals surface area (Å²) in [7, 11) is 0. The van der Waals surface area contributed by atoms with Gasteiger partial charge in [0, 0.05) is 12.8 Å². The second-order valence-electron chi connectivity index (χ2n) is 13.0. The Labute approximate surface area is 285 Å². The van der Waals surface area contributed by atoms with Gasteiger partial charge in [0.15, 0.2) is 0 Å². The van der Waals surface area contributed by atoms with Crippen LogP contribution in [0, 0.1) is 0 Å². The largest absolute Gasteiger partial charge is 0.463 e. The van der Waals surface area contributed by atoms with Crippen molar-refractivity contribution < 1.29 is 24.2 Å². The Hall–Kier alpha value is -1.88. The molecular formula is C41H74O5. The zero-order chi connectivity index (χ0) is 33.6. The average molecular weight is 647 g/mol. The molecule has 46 heavy (non-hydrogen) atoms. The third-order valence-electron chi connectivity index (χ3n) is 8.35. The van der Waals surface area contributed by atoms with Crippen LogP contribution in [0.25, 0.3) is 0 Å². The molecule has 1 N–H and O–H groups in total. The molecular weight excluding hydrogens is 572 g/mol. The lowest BCUT2D eigenvalue weighted by molar-refractivity contribution is -0.152. The van der Waals surface area contributed by atoms with E-state index in [-0.39, 0.29) is 25.2 Å². The van der Waals surface area contributed by atoms with Crippen LogP contribution in [0.15, 0.2) is 36.5 Å². The predicted molar refractivity (Wildman–Crippen MR) is 196 cm³/mol. The van der Waals surface area contributed by atoms with E-state index in [2.05, 4.69) is 50.3 Å². The SMILES string of the molecule is CCCCC/C=C\C/C=C\CCCCCCCCCC(=O)OC[C@H](O)COC(=O)CCCCCCCCC/C=C\CCCCCC. The van der Waals surface area contributed by atoms with E-state index >= 15 is 0 Å². The molecule has 1 atom stereocenters. The second kappa shape index (κ2) is 37.6. The highest BCUT2D eigenvalue weighted by Gasteiger charge is 2.12. The van der Waals surface area contributed by atoms with Gasteiger partial charge in [-0.2, -0.15) is 0 Å². The third-order valence-corrected chi connectivity index (χ3v) is 8.35. The van der Waals surface area contributed by atoms with Crippen molar-refractivity contribution in [3.8, 4) is 0 Å². The van der Waals surface area contributed by atoms with Crippen LogP contribution in [0.5, 0.6) is 0 Å².